The Balaban J connectivity index is 2.73. The van der Waals surface area contributed by atoms with Crippen molar-refractivity contribution in [1.82, 2.24) is 9.88 Å². The Labute approximate surface area is 98.5 Å². The second-order valence-electron chi connectivity index (χ2n) is 4.77. The summed E-state index contributed by atoms with van der Waals surface area (Å²) in [6.45, 7) is 10.0. The molecule has 0 aliphatic heterocycles. The van der Waals surface area contributed by atoms with Crippen LogP contribution in [-0.2, 0) is 6.54 Å². The van der Waals surface area contributed by atoms with E-state index in [0.29, 0.717) is 18.5 Å². The molecule has 0 bridgehead atoms. The third kappa shape index (κ3) is 3.65. The van der Waals surface area contributed by atoms with Gasteiger partial charge in [0.1, 0.15) is 0 Å². The number of aromatic nitrogens is 1. The van der Waals surface area contributed by atoms with Gasteiger partial charge in [-0.25, -0.2) is 0 Å². The predicted molar refractivity (Wildman–Crippen MR) is 67.4 cm³/mol. The molecular formula is C13H24N2O. The Morgan fingerprint density at radius 1 is 1.38 bits per heavy atom. The first kappa shape index (κ1) is 13.3. The summed E-state index contributed by atoms with van der Waals surface area (Å²) < 4.78 is 2.05. The zero-order chi connectivity index (χ0) is 12.1. The molecule has 0 spiro atoms. The highest BCUT2D eigenvalue weighted by molar-refractivity contribution is 5.16. The normalized spacial score (nSPS) is 15.4. The van der Waals surface area contributed by atoms with Crippen molar-refractivity contribution in [3.8, 4) is 0 Å². The van der Waals surface area contributed by atoms with E-state index in [1.807, 2.05) is 17.7 Å². The van der Waals surface area contributed by atoms with Crippen LogP contribution in [0.15, 0.2) is 18.5 Å². The maximum atomic E-state index is 9.33. The van der Waals surface area contributed by atoms with Gasteiger partial charge in [-0.2, -0.15) is 0 Å². The summed E-state index contributed by atoms with van der Waals surface area (Å²) in [5.74, 6) is 0.572. The van der Waals surface area contributed by atoms with Crippen LogP contribution in [0.2, 0.25) is 0 Å². The minimum atomic E-state index is -0.295. The molecule has 16 heavy (non-hydrogen) atoms. The number of rotatable bonds is 6. The smallest absolute Gasteiger partial charge is 0.0690 e. The van der Waals surface area contributed by atoms with Gasteiger partial charge in [0.05, 0.1) is 6.10 Å². The summed E-state index contributed by atoms with van der Waals surface area (Å²) in [6, 6.07) is 2.54. The predicted octanol–water partition coefficient (Wildman–Crippen LogP) is 2.18. The summed E-state index contributed by atoms with van der Waals surface area (Å²) in [6.07, 6.45) is 3.87. The number of aliphatic hydroxyl groups is 1. The van der Waals surface area contributed by atoms with Gasteiger partial charge in [-0.1, -0.05) is 20.8 Å². The van der Waals surface area contributed by atoms with E-state index in [0.717, 1.165) is 6.54 Å². The molecule has 0 radical (unpaired) electrons. The first-order valence-electron chi connectivity index (χ1n) is 6.11. The molecule has 1 aromatic rings. The van der Waals surface area contributed by atoms with Gasteiger partial charge < -0.3 is 15.0 Å². The Hall–Kier alpha value is -0.800. The summed E-state index contributed by atoms with van der Waals surface area (Å²) in [5, 5.41) is 12.8. The van der Waals surface area contributed by atoms with E-state index in [2.05, 4.69) is 38.4 Å². The number of nitrogens with zero attached hydrogens (tertiary/aromatic N) is 1. The van der Waals surface area contributed by atoms with E-state index in [-0.39, 0.29) is 6.10 Å². The fraction of sp³-hybridized carbons (Fsp3) is 0.692. The highest BCUT2D eigenvalue weighted by atomic mass is 16.3. The Kier molecular flexibility index (Phi) is 5.03. The molecule has 2 atom stereocenters. The SMILES string of the molecule is CCNC(c1ccn(CC(C)O)c1)C(C)C. The minimum absolute atomic E-state index is 0.295. The standard InChI is InChI=1S/C13H24N2O/c1-5-14-13(10(2)3)12-6-7-15(9-12)8-11(4)16/h6-7,9-11,13-14,16H,5,8H2,1-4H3. The van der Waals surface area contributed by atoms with Gasteiger partial charge in [-0.15, -0.1) is 0 Å². The summed E-state index contributed by atoms with van der Waals surface area (Å²) >= 11 is 0. The van der Waals surface area contributed by atoms with Crippen molar-refractivity contribution in [2.45, 2.75) is 46.4 Å². The zero-order valence-electron chi connectivity index (χ0n) is 10.8. The maximum Gasteiger partial charge on any atom is 0.0690 e. The first-order valence-corrected chi connectivity index (χ1v) is 6.11. The van der Waals surface area contributed by atoms with Gasteiger partial charge in [0.15, 0.2) is 0 Å². The fourth-order valence-corrected chi connectivity index (χ4v) is 2.02. The summed E-state index contributed by atoms with van der Waals surface area (Å²) in [4.78, 5) is 0. The molecule has 0 saturated carbocycles. The molecule has 1 aromatic heterocycles. The molecule has 0 aliphatic carbocycles. The Bertz CT molecular complexity index is 305. The van der Waals surface area contributed by atoms with E-state index in [1.54, 1.807) is 0 Å². The number of hydrogen-bond acceptors (Lipinski definition) is 2. The van der Waals surface area contributed by atoms with Crippen LogP contribution < -0.4 is 5.32 Å². The topological polar surface area (TPSA) is 37.2 Å². The van der Waals surface area contributed by atoms with Gasteiger partial charge >= 0.3 is 0 Å². The third-order valence-electron chi connectivity index (χ3n) is 2.70. The van der Waals surface area contributed by atoms with Crippen LogP contribution >= 0.6 is 0 Å². The molecule has 1 rings (SSSR count). The first-order chi connectivity index (χ1) is 7.54. The molecule has 0 fully saturated rings. The van der Waals surface area contributed by atoms with Crippen molar-refractivity contribution in [2.24, 2.45) is 5.92 Å². The van der Waals surface area contributed by atoms with Crippen LogP contribution in [-0.4, -0.2) is 22.3 Å². The summed E-state index contributed by atoms with van der Waals surface area (Å²) in [5.41, 5.74) is 1.30. The molecule has 0 amide bonds. The quantitative estimate of drug-likeness (QED) is 0.777. The lowest BCUT2D eigenvalue weighted by Crippen LogP contribution is -2.25. The van der Waals surface area contributed by atoms with E-state index < -0.39 is 0 Å². The molecule has 92 valence electrons. The van der Waals surface area contributed by atoms with Crippen molar-refractivity contribution < 1.29 is 5.11 Å². The largest absolute Gasteiger partial charge is 0.392 e. The Morgan fingerprint density at radius 3 is 2.56 bits per heavy atom. The van der Waals surface area contributed by atoms with E-state index in [9.17, 15) is 5.11 Å². The van der Waals surface area contributed by atoms with Gasteiger partial charge in [-0.05, 0) is 31.0 Å². The average Bonchev–Trinajstić information content (AvgIpc) is 2.60. The van der Waals surface area contributed by atoms with Crippen molar-refractivity contribution in [3.05, 3.63) is 24.0 Å². The van der Waals surface area contributed by atoms with Gasteiger partial charge in [0.25, 0.3) is 0 Å². The van der Waals surface area contributed by atoms with E-state index in [1.165, 1.54) is 5.56 Å². The van der Waals surface area contributed by atoms with Crippen LogP contribution in [0, 0.1) is 5.92 Å². The van der Waals surface area contributed by atoms with Crippen molar-refractivity contribution in [1.29, 1.82) is 0 Å². The third-order valence-corrected chi connectivity index (χ3v) is 2.70. The van der Waals surface area contributed by atoms with Crippen LogP contribution in [0.4, 0.5) is 0 Å². The Morgan fingerprint density at radius 2 is 2.06 bits per heavy atom. The minimum Gasteiger partial charge on any atom is -0.392 e. The van der Waals surface area contributed by atoms with Crippen LogP contribution in [0.5, 0.6) is 0 Å². The summed E-state index contributed by atoms with van der Waals surface area (Å²) in [7, 11) is 0. The molecule has 2 unspecified atom stereocenters. The molecule has 0 aromatic carbocycles. The maximum absolute atomic E-state index is 9.33. The van der Waals surface area contributed by atoms with Crippen molar-refractivity contribution in [3.63, 3.8) is 0 Å². The number of nitrogens with one attached hydrogen (secondary N) is 1. The van der Waals surface area contributed by atoms with Gasteiger partial charge in [0, 0.05) is 25.0 Å². The molecule has 1 heterocycles. The van der Waals surface area contributed by atoms with E-state index >= 15 is 0 Å². The second kappa shape index (κ2) is 6.06. The lowest BCUT2D eigenvalue weighted by Gasteiger charge is -2.20. The van der Waals surface area contributed by atoms with Crippen LogP contribution in [0.25, 0.3) is 0 Å². The molecule has 3 heteroatoms. The van der Waals surface area contributed by atoms with Crippen molar-refractivity contribution >= 4 is 0 Å². The molecule has 0 aliphatic rings. The highest BCUT2D eigenvalue weighted by Crippen LogP contribution is 2.21. The van der Waals surface area contributed by atoms with Crippen LogP contribution in [0.1, 0.15) is 39.3 Å². The lowest BCUT2D eigenvalue weighted by atomic mass is 9.98. The fourth-order valence-electron chi connectivity index (χ4n) is 2.02. The number of aliphatic hydroxyl groups excluding tert-OH is 1. The van der Waals surface area contributed by atoms with Crippen LogP contribution in [0.3, 0.4) is 0 Å². The average molecular weight is 224 g/mol. The monoisotopic (exact) mass is 224 g/mol. The lowest BCUT2D eigenvalue weighted by molar-refractivity contribution is 0.173. The molecular weight excluding hydrogens is 200 g/mol. The number of hydrogen-bond donors (Lipinski definition) is 2. The van der Waals surface area contributed by atoms with Crippen molar-refractivity contribution in [2.75, 3.05) is 6.54 Å². The van der Waals surface area contributed by atoms with Gasteiger partial charge in [0.2, 0.25) is 0 Å². The zero-order valence-corrected chi connectivity index (χ0v) is 10.8. The highest BCUT2D eigenvalue weighted by Gasteiger charge is 2.15. The second-order valence-corrected chi connectivity index (χ2v) is 4.77. The molecule has 2 N–H and O–H groups in total. The van der Waals surface area contributed by atoms with E-state index in [4.69, 9.17) is 0 Å². The van der Waals surface area contributed by atoms with Gasteiger partial charge in [-0.3, -0.25) is 0 Å². The molecule has 0 saturated heterocycles. The molecule has 3 nitrogen and oxygen atoms in total.